The first kappa shape index (κ1) is 21.5. The lowest BCUT2D eigenvalue weighted by Crippen LogP contribution is -2.19. The Morgan fingerprint density at radius 2 is 1.71 bits per heavy atom. The average molecular weight is 428 g/mol. The first-order valence-corrected chi connectivity index (χ1v) is 10.9. The van der Waals surface area contributed by atoms with E-state index in [4.69, 9.17) is 9.47 Å². The smallest absolute Gasteiger partial charge is 0.207 e. The van der Waals surface area contributed by atoms with Crippen molar-refractivity contribution in [2.75, 3.05) is 6.61 Å². The lowest BCUT2D eigenvalue weighted by molar-refractivity contribution is 0.188. The Morgan fingerprint density at radius 3 is 2.42 bits per heavy atom. The molecule has 31 heavy (non-hydrogen) atoms. The molecule has 0 spiro atoms. The summed E-state index contributed by atoms with van der Waals surface area (Å²) >= 11 is 0. The van der Waals surface area contributed by atoms with Crippen LogP contribution in [0.15, 0.2) is 43.5 Å². The first-order valence-electron chi connectivity index (χ1n) is 10.9. The zero-order valence-electron chi connectivity index (χ0n) is 17.6. The monoisotopic (exact) mass is 428 g/mol. The Bertz CT molecular complexity index is 991. The van der Waals surface area contributed by atoms with Crippen molar-refractivity contribution in [3.8, 4) is 17.2 Å². The second-order valence-corrected chi connectivity index (χ2v) is 8.45. The molecule has 164 valence electrons. The van der Waals surface area contributed by atoms with E-state index in [2.05, 4.69) is 13.2 Å². The summed E-state index contributed by atoms with van der Waals surface area (Å²) in [4.78, 5) is 0. The van der Waals surface area contributed by atoms with Crippen LogP contribution in [0, 0.1) is 29.3 Å². The molecule has 0 aromatic heterocycles. The largest absolute Gasteiger partial charge is 0.490 e. The van der Waals surface area contributed by atoms with Crippen molar-refractivity contribution in [2.24, 2.45) is 11.8 Å². The highest BCUT2D eigenvalue weighted by Gasteiger charge is 2.29. The van der Waals surface area contributed by atoms with Gasteiger partial charge in [0.05, 0.1) is 6.61 Å². The van der Waals surface area contributed by atoms with E-state index >= 15 is 4.39 Å². The predicted molar refractivity (Wildman–Crippen MR) is 115 cm³/mol. The highest BCUT2D eigenvalue weighted by Crippen LogP contribution is 2.44. The Hall–Kier alpha value is -2.69. The van der Waals surface area contributed by atoms with Gasteiger partial charge in [0.25, 0.3) is 0 Å². The third-order valence-corrected chi connectivity index (χ3v) is 6.36. The van der Waals surface area contributed by atoms with Crippen molar-refractivity contribution >= 4 is 0 Å². The van der Waals surface area contributed by atoms with Gasteiger partial charge in [-0.25, -0.2) is 4.39 Å². The molecule has 1 aliphatic carbocycles. The number of fused-ring (bicyclic) bond motifs is 2. The van der Waals surface area contributed by atoms with Gasteiger partial charge in [-0.3, -0.25) is 0 Å². The summed E-state index contributed by atoms with van der Waals surface area (Å²) in [6.45, 7) is 7.89. The Morgan fingerprint density at radius 1 is 0.968 bits per heavy atom. The SMILES string of the molecule is C=CCCc1cc2c(c(F)c1F)Oc1c(ccc(OCC3CCC(C=C)CC3)c1F)C2. The zero-order valence-corrected chi connectivity index (χ0v) is 17.6. The van der Waals surface area contributed by atoms with E-state index < -0.39 is 17.5 Å². The summed E-state index contributed by atoms with van der Waals surface area (Å²) < 4.78 is 55.5. The second kappa shape index (κ2) is 9.21. The molecule has 4 rings (SSSR count). The van der Waals surface area contributed by atoms with Crippen LogP contribution in [0.3, 0.4) is 0 Å². The van der Waals surface area contributed by atoms with Crippen LogP contribution in [0.1, 0.15) is 48.8 Å². The van der Waals surface area contributed by atoms with Gasteiger partial charge in [0.1, 0.15) is 0 Å². The molecule has 1 aliphatic heterocycles. The van der Waals surface area contributed by atoms with Crippen LogP contribution >= 0.6 is 0 Å². The van der Waals surface area contributed by atoms with Gasteiger partial charge < -0.3 is 9.47 Å². The van der Waals surface area contributed by atoms with Crippen molar-refractivity contribution in [3.63, 3.8) is 0 Å². The molecule has 1 heterocycles. The van der Waals surface area contributed by atoms with E-state index in [0.29, 0.717) is 42.4 Å². The maximum absolute atomic E-state index is 15.1. The number of benzene rings is 2. The first-order chi connectivity index (χ1) is 15.0. The Balaban J connectivity index is 1.51. The van der Waals surface area contributed by atoms with Crippen LogP contribution in [-0.2, 0) is 12.8 Å². The zero-order chi connectivity index (χ0) is 22.0. The van der Waals surface area contributed by atoms with E-state index in [0.717, 1.165) is 25.7 Å². The Kier molecular flexibility index (Phi) is 6.40. The van der Waals surface area contributed by atoms with Crippen molar-refractivity contribution in [3.05, 3.63) is 77.7 Å². The van der Waals surface area contributed by atoms with Crippen molar-refractivity contribution in [2.45, 2.75) is 44.9 Å². The van der Waals surface area contributed by atoms with Gasteiger partial charge in [-0.15, -0.1) is 13.2 Å². The molecule has 2 aromatic rings. The molecule has 2 aromatic carbocycles. The van der Waals surface area contributed by atoms with Gasteiger partial charge in [0.15, 0.2) is 23.1 Å². The minimum Gasteiger partial charge on any atom is -0.490 e. The summed E-state index contributed by atoms with van der Waals surface area (Å²) in [5.41, 5.74) is 1.37. The number of hydrogen-bond acceptors (Lipinski definition) is 2. The molecule has 0 N–H and O–H groups in total. The predicted octanol–water partition coefficient (Wildman–Crippen LogP) is 7.29. The molecule has 5 heteroatoms. The maximum Gasteiger partial charge on any atom is 0.207 e. The minimum atomic E-state index is -1.08. The summed E-state index contributed by atoms with van der Waals surface area (Å²) in [6, 6.07) is 4.93. The molecule has 2 aliphatic rings. The average Bonchev–Trinajstić information content (AvgIpc) is 2.79. The van der Waals surface area contributed by atoms with Gasteiger partial charge in [0.2, 0.25) is 11.6 Å². The number of aryl methyl sites for hydroxylation is 1. The standard InChI is InChI=1S/C26H27F3O2/c1-3-5-6-18-13-20-14-19-11-12-21(30-15-17-9-7-16(4-2)8-10-17)23(28)25(19)31-26(20)24(29)22(18)27/h3-4,11-13,16-17H,1-2,5-10,14-15H2. The van der Waals surface area contributed by atoms with Gasteiger partial charge in [0, 0.05) is 17.5 Å². The van der Waals surface area contributed by atoms with Crippen LogP contribution in [0.4, 0.5) is 13.2 Å². The lowest BCUT2D eigenvalue weighted by Gasteiger charge is -2.27. The van der Waals surface area contributed by atoms with Crippen LogP contribution in [0.5, 0.6) is 17.2 Å². The maximum atomic E-state index is 15.1. The van der Waals surface area contributed by atoms with Gasteiger partial charge in [-0.05, 0) is 68.1 Å². The number of hydrogen-bond donors (Lipinski definition) is 0. The fraction of sp³-hybridized carbons (Fsp3) is 0.385. The van der Waals surface area contributed by atoms with Gasteiger partial charge in [-0.2, -0.15) is 8.78 Å². The van der Waals surface area contributed by atoms with E-state index in [-0.39, 0.29) is 29.2 Å². The molecule has 1 fully saturated rings. The topological polar surface area (TPSA) is 18.5 Å². The molecular formula is C26H27F3O2. The molecule has 0 unspecified atom stereocenters. The van der Waals surface area contributed by atoms with Gasteiger partial charge >= 0.3 is 0 Å². The normalized spacial score (nSPS) is 19.7. The van der Waals surface area contributed by atoms with Crippen LogP contribution in [-0.4, -0.2) is 6.61 Å². The molecule has 0 radical (unpaired) electrons. The minimum absolute atomic E-state index is 0.0801. The number of allylic oxidation sites excluding steroid dienone is 2. The molecule has 0 atom stereocenters. The van der Waals surface area contributed by atoms with Crippen molar-refractivity contribution < 1.29 is 22.6 Å². The quantitative estimate of drug-likeness (QED) is 0.368. The summed E-state index contributed by atoms with van der Waals surface area (Å²) in [5, 5.41) is 0. The number of halogens is 3. The Labute approximate surface area is 181 Å². The third-order valence-electron chi connectivity index (χ3n) is 6.36. The molecule has 0 saturated heterocycles. The molecule has 1 saturated carbocycles. The van der Waals surface area contributed by atoms with Crippen LogP contribution < -0.4 is 9.47 Å². The molecule has 0 bridgehead atoms. The van der Waals surface area contributed by atoms with Gasteiger partial charge in [-0.1, -0.05) is 18.2 Å². The second-order valence-electron chi connectivity index (χ2n) is 8.45. The van der Waals surface area contributed by atoms with E-state index in [9.17, 15) is 8.78 Å². The highest BCUT2D eigenvalue weighted by atomic mass is 19.2. The highest BCUT2D eigenvalue weighted by molar-refractivity contribution is 5.54. The van der Waals surface area contributed by atoms with Crippen molar-refractivity contribution in [1.29, 1.82) is 0 Å². The molecular weight excluding hydrogens is 401 g/mol. The summed E-state index contributed by atoms with van der Waals surface area (Å²) in [7, 11) is 0. The van der Waals surface area contributed by atoms with Crippen molar-refractivity contribution in [1.82, 2.24) is 0 Å². The van der Waals surface area contributed by atoms with E-state index in [1.165, 1.54) is 0 Å². The fourth-order valence-electron chi connectivity index (χ4n) is 4.45. The molecule has 2 nitrogen and oxygen atoms in total. The summed E-state index contributed by atoms with van der Waals surface area (Å²) in [6.07, 6.45) is 9.00. The fourth-order valence-corrected chi connectivity index (χ4v) is 4.45. The van der Waals surface area contributed by atoms with Crippen LogP contribution in [0.25, 0.3) is 0 Å². The van der Waals surface area contributed by atoms with E-state index in [1.54, 1.807) is 24.3 Å². The lowest BCUT2D eigenvalue weighted by atomic mass is 9.82. The van der Waals surface area contributed by atoms with E-state index in [1.807, 2.05) is 6.08 Å². The molecule has 0 amide bonds. The number of rotatable bonds is 7. The van der Waals surface area contributed by atoms with Crippen LogP contribution in [0.2, 0.25) is 0 Å². The third kappa shape index (κ3) is 4.36. The number of ether oxygens (including phenoxy) is 2. The summed E-state index contributed by atoms with van der Waals surface area (Å²) in [5.74, 6) is -2.02.